The Morgan fingerprint density at radius 2 is 1.81 bits per heavy atom. The van der Waals surface area contributed by atoms with Gasteiger partial charge in [-0.25, -0.2) is 0 Å². The smallest absolute Gasteiger partial charge is 0.307 e. The van der Waals surface area contributed by atoms with E-state index in [0.29, 0.717) is 10.9 Å². The van der Waals surface area contributed by atoms with Gasteiger partial charge in [-0.3, -0.25) is 4.79 Å². The van der Waals surface area contributed by atoms with Crippen LogP contribution in [0.1, 0.15) is 5.56 Å². The Labute approximate surface area is 91.4 Å². The SMILES string of the molecule is O=C(O)Cc1cc2cc(O)ccc2cc1O. The third kappa shape index (κ3) is 1.91. The monoisotopic (exact) mass is 218 g/mol. The summed E-state index contributed by atoms with van der Waals surface area (Å²) >= 11 is 0. The van der Waals surface area contributed by atoms with Crippen LogP contribution in [0.25, 0.3) is 10.8 Å². The maximum absolute atomic E-state index is 10.6. The van der Waals surface area contributed by atoms with Gasteiger partial charge in [0.05, 0.1) is 6.42 Å². The zero-order chi connectivity index (χ0) is 11.7. The van der Waals surface area contributed by atoms with E-state index in [9.17, 15) is 15.0 Å². The van der Waals surface area contributed by atoms with Gasteiger partial charge in [-0.15, -0.1) is 0 Å². The van der Waals surface area contributed by atoms with E-state index in [0.717, 1.165) is 5.39 Å². The Bertz CT molecular complexity index is 560. The maximum atomic E-state index is 10.6. The first-order valence-corrected chi connectivity index (χ1v) is 4.72. The second-order valence-corrected chi connectivity index (χ2v) is 3.58. The lowest BCUT2D eigenvalue weighted by atomic mass is 10.0. The molecule has 2 aromatic carbocycles. The first-order chi connectivity index (χ1) is 7.56. The third-order valence-electron chi connectivity index (χ3n) is 2.36. The summed E-state index contributed by atoms with van der Waals surface area (Å²) in [5.74, 6) is -0.935. The van der Waals surface area contributed by atoms with Gasteiger partial charge in [0.2, 0.25) is 0 Å². The summed E-state index contributed by atoms with van der Waals surface area (Å²) < 4.78 is 0. The molecule has 0 bridgehead atoms. The topological polar surface area (TPSA) is 77.8 Å². The molecule has 82 valence electrons. The molecule has 0 radical (unpaired) electrons. The standard InChI is InChI=1S/C12H10O4/c13-10-2-1-7-5-11(14)9(6-12(15)16)3-8(7)4-10/h1-5,13-14H,6H2,(H,15,16). The molecule has 0 aromatic heterocycles. The molecule has 0 aliphatic heterocycles. The van der Waals surface area contributed by atoms with Crippen LogP contribution in [0.5, 0.6) is 11.5 Å². The summed E-state index contributed by atoms with van der Waals surface area (Å²) in [5.41, 5.74) is 0.339. The van der Waals surface area contributed by atoms with Gasteiger partial charge in [0.15, 0.2) is 0 Å². The minimum atomic E-state index is -1.00. The van der Waals surface area contributed by atoms with Crippen LogP contribution >= 0.6 is 0 Å². The summed E-state index contributed by atoms with van der Waals surface area (Å²) in [6.07, 6.45) is -0.239. The maximum Gasteiger partial charge on any atom is 0.307 e. The predicted octanol–water partition coefficient (Wildman–Crippen LogP) is 1.88. The van der Waals surface area contributed by atoms with E-state index in [1.54, 1.807) is 12.1 Å². The Kier molecular flexibility index (Phi) is 2.40. The van der Waals surface area contributed by atoms with Crippen LogP contribution in [-0.2, 0) is 11.2 Å². The van der Waals surface area contributed by atoms with Gasteiger partial charge >= 0.3 is 5.97 Å². The molecule has 0 heterocycles. The largest absolute Gasteiger partial charge is 0.508 e. The van der Waals surface area contributed by atoms with Crippen molar-refractivity contribution in [2.24, 2.45) is 0 Å². The number of fused-ring (bicyclic) bond motifs is 1. The molecule has 0 aliphatic rings. The lowest BCUT2D eigenvalue weighted by Crippen LogP contribution is -2.00. The zero-order valence-corrected chi connectivity index (χ0v) is 8.34. The number of hydrogen-bond acceptors (Lipinski definition) is 3. The number of hydrogen-bond donors (Lipinski definition) is 3. The van der Waals surface area contributed by atoms with Gasteiger partial charge in [-0.1, -0.05) is 6.07 Å². The van der Waals surface area contributed by atoms with Gasteiger partial charge in [0.25, 0.3) is 0 Å². The Morgan fingerprint density at radius 1 is 1.06 bits per heavy atom. The molecule has 16 heavy (non-hydrogen) atoms. The second-order valence-electron chi connectivity index (χ2n) is 3.58. The first kappa shape index (κ1) is 10.3. The Hall–Kier alpha value is -2.23. The van der Waals surface area contributed by atoms with Gasteiger partial charge in [0, 0.05) is 5.56 Å². The van der Waals surface area contributed by atoms with Gasteiger partial charge in [-0.2, -0.15) is 0 Å². The molecule has 0 aliphatic carbocycles. The van der Waals surface area contributed by atoms with Crippen LogP contribution < -0.4 is 0 Å². The lowest BCUT2D eigenvalue weighted by molar-refractivity contribution is -0.136. The van der Waals surface area contributed by atoms with Crippen LogP contribution in [-0.4, -0.2) is 21.3 Å². The second kappa shape index (κ2) is 3.73. The molecular weight excluding hydrogens is 208 g/mol. The normalized spacial score (nSPS) is 10.5. The number of aliphatic carboxylic acids is 1. The molecule has 0 atom stereocenters. The molecule has 2 rings (SSSR count). The summed E-state index contributed by atoms with van der Waals surface area (Å²) in [6.45, 7) is 0. The molecular formula is C12H10O4. The van der Waals surface area contributed by atoms with Gasteiger partial charge < -0.3 is 15.3 Å². The fourth-order valence-electron chi connectivity index (χ4n) is 1.62. The highest BCUT2D eigenvalue weighted by atomic mass is 16.4. The first-order valence-electron chi connectivity index (χ1n) is 4.72. The van der Waals surface area contributed by atoms with E-state index in [1.807, 2.05) is 0 Å². The molecule has 0 fully saturated rings. The average Bonchev–Trinajstić information content (AvgIpc) is 2.19. The van der Waals surface area contributed by atoms with Crippen molar-refractivity contribution in [2.45, 2.75) is 6.42 Å². The zero-order valence-electron chi connectivity index (χ0n) is 8.34. The van der Waals surface area contributed by atoms with Crippen LogP contribution in [0.2, 0.25) is 0 Å². The van der Waals surface area contributed by atoms with E-state index in [2.05, 4.69) is 0 Å². The molecule has 2 aromatic rings. The quantitative estimate of drug-likeness (QED) is 0.719. The average molecular weight is 218 g/mol. The molecule has 0 amide bonds. The number of phenols is 2. The van der Waals surface area contributed by atoms with E-state index < -0.39 is 5.97 Å². The number of carboxylic acid groups (broad SMARTS) is 1. The highest BCUT2D eigenvalue weighted by Gasteiger charge is 2.08. The van der Waals surface area contributed by atoms with Crippen molar-refractivity contribution in [3.05, 3.63) is 35.9 Å². The highest BCUT2D eigenvalue weighted by Crippen LogP contribution is 2.27. The van der Waals surface area contributed by atoms with Crippen LogP contribution in [0.15, 0.2) is 30.3 Å². The number of rotatable bonds is 2. The summed E-state index contributed by atoms with van der Waals surface area (Å²) in [6, 6.07) is 7.76. The fourth-order valence-corrected chi connectivity index (χ4v) is 1.62. The third-order valence-corrected chi connectivity index (χ3v) is 2.36. The molecule has 0 saturated carbocycles. The van der Waals surface area contributed by atoms with Crippen molar-refractivity contribution in [3.8, 4) is 11.5 Å². The molecule has 4 nitrogen and oxygen atoms in total. The van der Waals surface area contributed by atoms with Crippen molar-refractivity contribution in [2.75, 3.05) is 0 Å². The molecule has 4 heteroatoms. The predicted molar refractivity (Wildman–Crippen MR) is 58.6 cm³/mol. The Morgan fingerprint density at radius 3 is 2.50 bits per heavy atom. The minimum absolute atomic E-state index is 0.0411. The molecule has 0 unspecified atom stereocenters. The number of aromatic hydroxyl groups is 2. The summed E-state index contributed by atoms with van der Waals surface area (Å²) in [7, 11) is 0. The van der Waals surface area contributed by atoms with Crippen LogP contribution in [0.3, 0.4) is 0 Å². The summed E-state index contributed by atoms with van der Waals surface area (Å²) in [4.78, 5) is 10.6. The number of benzene rings is 2. The van der Waals surface area contributed by atoms with Crippen molar-refractivity contribution in [1.29, 1.82) is 0 Å². The van der Waals surface area contributed by atoms with Crippen LogP contribution in [0, 0.1) is 0 Å². The van der Waals surface area contributed by atoms with Crippen LogP contribution in [0.4, 0.5) is 0 Å². The number of carboxylic acids is 1. The van der Waals surface area contributed by atoms with Gasteiger partial charge in [-0.05, 0) is 35.0 Å². The minimum Gasteiger partial charge on any atom is -0.508 e. The molecule has 0 saturated heterocycles. The van der Waals surface area contributed by atoms with Gasteiger partial charge in [0.1, 0.15) is 11.5 Å². The lowest BCUT2D eigenvalue weighted by Gasteiger charge is -2.05. The van der Waals surface area contributed by atoms with E-state index in [1.165, 1.54) is 18.2 Å². The van der Waals surface area contributed by atoms with E-state index in [4.69, 9.17) is 5.11 Å². The van der Waals surface area contributed by atoms with Crippen molar-refractivity contribution < 1.29 is 20.1 Å². The van der Waals surface area contributed by atoms with Crippen molar-refractivity contribution in [1.82, 2.24) is 0 Å². The number of phenolic OH excluding ortho intramolecular Hbond substituents is 2. The van der Waals surface area contributed by atoms with E-state index in [-0.39, 0.29) is 17.9 Å². The molecule has 3 N–H and O–H groups in total. The molecule has 0 spiro atoms. The highest BCUT2D eigenvalue weighted by molar-refractivity contribution is 5.87. The number of carbonyl (C=O) groups is 1. The van der Waals surface area contributed by atoms with E-state index >= 15 is 0 Å². The summed E-state index contributed by atoms with van der Waals surface area (Å²) in [5, 5.41) is 29.0. The Balaban J connectivity index is 2.59. The van der Waals surface area contributed by atoms with Crippen molar-refractivity contribution >= 4 is 16.7 Å². The van der Waals surface area contributed by atoms with Crippen molar-refractivity contribution in [3.63, 3.8) is 0 Å². The fraction of sp³-hybridized carbons (Fsp3) is 0.0833.